The molecular weight excluding hydrogens is 575 g/mol. The molecule has 214 valence electrons. The van der Waals surface area contributed by atoms with E-state index in [9.17, 15) is 9.90 Å². The summed E-state index contributed by atoms with van der Waals surface area (Å²) in [6, 6.07) is 42.1. The van der Waals surface area contributed by atoms with Gasteiger partial charge in [-0.25, -0.2) is 0 Å². The minimum atomic E-state index is -0.851. The number of thiocarbonyl (C=S) groups is 1. The van der Waals surface area contributed by atoms with E-state index < -0.39 is 6.10 Å². The Kier molecular flexibility index (Phi) is 10.7. The van der Waals surface area contributed by atoms with Gasteiger partial charge in [-0.2, -0.15) is 0 Å². The number of thioether (sulfide) groups is 2. The monoisotopic (exact) mass is 609 g/mol. The van der Waals surface area contributed by atoms with Gasteiger partial charge in [-0.1, -0.05) is 157 Å². The highest BCUT2D eigenvalue weighted by molar-refractivity contribution is 8.23. The molecule has 2 atom stereocenters. The summed E-state index contributed by atoms with van der Waals surface area (Å²) in [7, 11) is 0. The maximum atomic E-state index is 13.2. The van der Waals surface area contributed by atoms with Crippen molar-refractivity contribution in [2.75, 3.05) is 11.5 Å². The molecule has 0 unspecified atom stereocenters. The number of hydrogen-bond donors (Lipinski definition) is 1. The Morgan fingerprint density at radius 3 is 1.90 bits per heavy atom. The van der Waals surface area contributed by atoms with Crippen LogP contribution < -0.4 is 0 Å². The molecule has 4 aromatic carbocycles. The molecule has 1 N–H and O–H groups in total. The molecule has 1 saturated heterocycles. The van der Waals surface area contributed by atoms with Gasteiger partial charge < -0.3 is 5.11 Å². The molecule has 5 rings (SSSR count). The summed E-state index contributed by atoms with van der Waals surface area (Å²) in [5, 5.41) is 10.7. The van der Waals surface area contributed by atoms with Gasteiger partial charge in [0.2, 0.25) is 5.91 Å². The van der Waals surface area contributed by atoms with Crippen LogP contribution in [0.15, 0.2) is 133 Å². The quantitative estimate of drug-likeness (QED) is 0.0766. The van der Waals surface area contributed by atoms with E-state index >= 15 is 0 Å². The largest absolute Gasteiger partial charge is 0.389 e. The summed E-state index contributed by atoms with van der Waals surface area (Å²) < 4.78 is 0.232. The summed E-state index contributed by atoms with van der Waals surface area (Å²) in [4.78, 5) is 14.9. The van der Waals surface area contributed by atoms with Crippen LogP contribution in [0.3, 0.4) is 0 Å². The third kappa shape index (κ3) is 7.24. The molecule has 0 aromatic heterocycles. The first-order valence-electron chi connectivity index (χ1n) is 14.3. The second kappa shape index (κ2) is 14.8. The van der Waals surface area contributed by atoms with E-state index in [-0.39, 0.29) is 23.1 Å². The third-order valence-electron chi connectivity index (χ3n) is 7.43. The van der Waals surface area contributed by atoms with Crippen molar-refractivity contribution in [1.82, 2.24) is 4.90 Å². The average Bonchev–Trinajstić information content (AvgIpc) is 3.40. The molecule has 1 heterocycles. The Morgan fingerprint density at radius 1 is 0.881 bits per heavy atom. The summed E-state index contributed by atoms with van der Waals surface area (Å²) in [5.41, 5.74) is 4.87. The van der Waals surface area contributed by atoms with Crippen molar-refractivity contribution in [3.05, 3.63) is 156 Å². The molecule has 6 heteroatoms. The van der Waals surface area contributed by atoms with E-state index in [2.05, 4.69) is 103 Å². The number of rotatable bonds is 12. The van der Waals surface area contributed by atoms with Crippen LogP contribution in [0.5, 0.6) is 0 Å². The van der Waals surface area contributed by atoms with Crippen LogP contribution in [-0.4, -0.2) is 43.9 Å². The highest BCUT2D eigenvalue weighted by Crippen LogP contribution is 2.48. The molecule has 0 aliphatic carbocycles. The fourth-order valence-electron chi connectivity index (χ4n) is 5.45. The van der Waals surface area contributed by atoms with Gasteiger partial charge in [-0.15, -0.1) is 11.8 Å². The number of carbonyl (C=O) groups excluding carboxylic acids is 1. The Balaban J connectivity index is 1.24. The first-order valence-corrected chi connectivity index (χ1v) is 16.6. The molecule has 1 aliphatic heterocycles. The van der Waals surface area contributed by atoms with Crippen LogP contribution in [0.2, 0.25) is 0 Å². The topological polar surface area (TPSA) is 40.5 Å². The normalized spacial score (nSPS) is 16.2. The Hall–Kier alpha value is -3.16. The van der Waals surface area contributed by atoms with E-state index in [0.29, 0.717) is 4.32 Å². The van der Waals surface area contributed by atoms with Crippen LogP contribution in [-0.2, 0) is 16.0 Å². The number of benzene rings is 4. The van der Waals surface area contributed by atoms with E-state index in [1.165, 1.54) is 22.3 Å². The Bertz CT molecular complexity index is 1370. The zero-order valence-corrected chi connectivity index (χ0v) is 25.9. The summed E-state index contributed by atoms with van der Waals surface area (Å²) in [6.07, 6.45) is 4.45. The summed E-state index contributed by atoms with van der Waals surface area (Å²) >= 11 is 8.94. The number of aliphatic hydroxyl groups excluding tert-OH is 1. The number of amides is 1. The molecule has 0 saturated carbocycles. The van der Waals surface area contributed by atoms with Crippen molar-refractivity contribution < 1.29 is 9.90 Å². The van der Waals surface area contributed by atoms with Crippen molar-refractivity contribution in [2.45, 2.75) is 36.2 Å². The lowest BCUT2D eigenvalue weighted by atomic mass is 9.84. The fraction of sp³-hybridized carbons (Fsp3) is 0.222. The summed E-state index contributed by atoms with van der Waals surface area (Å²) in [5.74, 6) is 1.50. The standard InChI is InChI=1S/C36H35NO2S3/c38-33(26-34(39)37-32(27-41-35(37)40)25-28-15-5-1-6-16-28)23-13-14-24-42-36(29-17-7-2-8-18-29,30-19-9-3-10-20-30)31-21-11-4-12-22-31/h1-13,15-23,32-33,38H,14,24-27H2/t32-,33-/m0/s1. The van der Waals surface area contributed by atoms with Crippen molar-refractivity contribution >= 4 is 46.0 Å². The number of hydrogen-bond acceptors (Lipinski definition) is 5. The number of aliphatic hydroxyl groups is 1. The minimum absolute atomic E-state index is 0.0204. The zero-order valence-electron chi connectivity index (χ0n) is 23.4. The number of carbonyl (C=O) groups is 1. The lowest BCUT2D eigenvalue weighted by Crippen LogP contribution is -2.41. The van der Waals surface area contributed by atoms with E-state index in [4.69, 9.17) is 12.2 Å². The number of nitrogens with zero attached hydrogens (tertiary/aromatic N) is 1. The van der Waals surface area contributed by atoms with Gasteiger partial charge in [0.1, 0.15) is 4.32 Å². The van der Waals surface area contributed by atoms with Crippen molar-refractivity contribution in [3.8, 4) is 0 Å². The number of allylic oxidation sites excluding steroid dienone is 1. The lowest BCUT2D eigenvalue weighted by molar-refractivity contribution is -0.129. The van der Waals surface area contributed by atoms with Crippen molar-refractivity contribution in [2.24, 2.45) is 0 Å². The predicted molar refractivity (Wildman–Crippen MR) is 182 cm³/mol. The van der Waals surface area contributed by atoms with Crippen LogP contribution in [0, 0.1) is 0 Å². The second-order valence-corrected chi connectivity index (χ2v) is 13.3. The van der Waals surface area contributed by atoms with Crippen molar-refractivity contribution in [1.29, 1.82) is 0 Å². The summed E-state index contributed by atoms with van der Waals surface area (Å²) in [6.45, 7) is 0. The molecule has 42 heavy (non-hydrogen) atoms. The third-order valence-corrected chi connectivity index (χ3v) is 10.6. The molecule has 0 spiro atoms. The van der Waals surface area contributed by atoms with Gasteiger partial charge >= 0.3 is 0 Å². The maximum absolute atomic E-state index is 13.2. The van der Waals surface area contributed by atoms with Gasteiger partial charge in [-0.05, 0) is 40.8 Å². The van der Waals surface area contributed by atoms with Gasteiger partial charge in [-0.3, -0.25) is 9.69 Å². The van der Waals surface area contributed by atoms with Gasteiger partial charge in [0, 0.05) is 5.75 Å². The van der Waals surface area contributed by atoms with Gasteiger partial charge in [0.25, 0.3) is 0 Å². The molecule has 4 aromatic rings. The first kappa shape index (κ1) is 30.3. The maximum Gasteiger partial charge on any atom is 0.231 e. The zero-order chi connectivity index (χ0) is 29.2. The molecule has 0 bridgehead atoms. The van der Waals surface area contributed by atoms with E-state index in [1.54, 1.807) is 22.7 Å². The van der Waals surface area contributed by atoms with E-state index in [1.807, 2.05) is 36.0 Å². The van der Waals surface area contributed by atoms with Crippen molar-refractivity contribution in [3.63, 3.8) is 0 Å². The average molecular weight is 610 g/mol. The lowest BCUT2D eigenvalue weighted by Gasteiger charge is -2.35. The SMILES string of the molecule is O=C(C[C@@H](O)C=CCCSC(c1ccccc1)(c1ccccc1)c1ccccc1)N1C(=S)SC[C@@H]1Cc1ccccc1. The molecule has 1 fully saturated rings. The predicted octanol–water partition coefficient (Wildman–Crippen LogP) is 7.88. The van der Waals surface area contributed by atoms with Crippen LogP contribution >= 0.6 is 35.7 Å². The van der Waals surface area contributed by atoms with Crippen LogP contribution in [0.1, 0.15) is 35.1 Å². The minimum Gasteiger partial charge on any atom is -0.389 e. The van der Waals surface area contributed by atoms with E-state index in [0.717, 1.165) is 24.3 Å². The Morgan fingerprint density at radius 2 is 1.38 bits per heavy atom. The fourth-order valence-corrected chi connectivity index (χ4v) is 8.36. The van der Waals surface area contributed by atoms with Gasteiger partial charge in [0.05, 0.1) is 23.3 Å². The highest BCUT2D eigenvalue weighted by atomic mass is 32.2. The molecule has 0 radical (unpaired) electrons. The van der Waals surface area contributed by atoms with Crippen LogP contribution in [0.4, 0.5) is 0 Å². The highest BCUT2D eigenvalue weighted by Gasteiger charge is 2.37. The Labute approximate surface area is 263 Å². The first-order chi connectivity index (χ1) is 20.6. The smallest absolute Gasteiger partial charge is 0.231 e. The molecule has 1 amide bonds. The molecule has 1 aliphatic rings. The van der Waals surface area contributed by atoms with Crippen LogP contribution in [0.25, 0.3) is 0 Å². The molecular formula is C36H35NO2S3. The molecule has 3 nitrogen and oxygen atoms in total. The second-order valence-electron chi connectivity index (χ2n) is 10.3. The van der Waals surface area contributed by atoms with Gasteiger partial charge in [0.15, 0.2) is 0 Å².